The van der Waals surface area contributed by atoms with Gasteiger partial charge in [0.05, 0.1) is 22.3 Å². The van der Waals surface area contributed by atoms with Gasteiger partial charge in [-0.1, -0.05) is 29.3 Å². The van der Waals surface area contributed by atoms with E-state index in [-0.39, 0.29) is 6.09 Å². The Kier molecular flexibility index (Phi) is 6.00. The van der Waals surface area contributed by atoms with Crippen molar-refractivity contribution in [3.05, 3.63) is 40.5 Å². The molecule has 0 radical (unpaired) electrons. The molecule has 0 spiro atoms. The van der Waals surface area contributed by atoms with E-state index in [0.717, 1.165) is 5.82 Å². The van der Waals surface area contributed by atoms with E-state index in [9.17, 15) is 4.79 Å². The molecule has 1 aliphatic rings. The van der Waals surface area contributed by atoms with Gasteiger partial charge in [-0.05, 0) is 25.1 Å². The van der Waals surface area contributed by atoms with Crippen LogP contribution in [0, 0.1) is 0 Å². The summed E-state index contributed by atoms with van der Waals surface area (Å²) in [5, 5.41) is 4.06. The van der Waals surface area contributed by atoms with Crippen LogP contribution in [-0.4, -0.2) is 53.7 Å². The zero-order valence-electron chi connectivity index (χ0n) is 14.3. The number of para-hydroxylation sites is 1. The Bertz CT molecular complexity index is 761. The van der Waals surface area contributed by atoms with E-state index < -0.39 is 0 Å². The quantitative estimate of drug-likeness (QED) is 0.848. The van der Waals surface area contributed by atoms with Crippen LogP contribution in [0.15, 0.2) is 30.5 Å². The van der Waals surface area contributed by atoms with Crippen molar-refractivity contribution in [2.75, 3.05) is 43.0 Å². The zero-order chi connectivity index (χ0) is 18.5. The lowest BCUT2D eigenvalue weighted by Gasteiger charge is -2.34. The number of carbonyl (C=O) groups excluding carboxylic acids is 1. The number of nitrogens with one attached hydrogen (secondary N) is 1. The first kappa shape index (κ1) is 18.5. The minimum absolute atomic E-state index is 0.273. The lowest BCUT2D eigenvalue weighted by atomic mass is 10.3. The van der Waals surface area contributed by atoms with E-state index in [0.29, 0.717) is 54.5 Å². The van der Waals surface area contributed by atoms with Gasteiger partial charge in [-0.15, -0.1) is 0 Å². The van der Waals surface area contributed by atoms with E-state index in [1.165, 1.54) is 0 Å². The molecular formula is C17H19Cl2N5O2. The van der Waals surface area contributed by atoms with Crippen LogP contribution < -0.4 is 10.2 Å². The average Bonchev–Trinajstić information content (AvgIpc) is 2.65. The van der Waals surface area contributed by atoms with Gasteiger partial charge in [-0.25, -0.2) is 9.78 Å². The summed E-state index contributed by atoms with van der Waals surface area (Å²) in [6.07, 6.45) is 1.40. The molecule has 0 unspecified atom stereocenters. The molecular weight excluding hydrogens is 377 g/mol. The van der Waals surface area contributed by atoms with E-state index in [1.54, 1.807) is 36.2 Å². The van der Waals surface area contributed by atoms with Crippen LogP contribution in [0.2, 0.25) is 10.0 Å². The highest BCUT2D eigenvalue weighted by Crippen LogP contribution is 2.31. The van der Waals surface area contributed by atoms with Gasteiger partial charge in [0, 0.05) is 32.4 Å². The third-order valence-electron chi connectivity index (χ3n) is 3.97. The van der Waals surface area contributed by atoms with Crippen molar-refractivity contribution < 1.29 is 9.53 Å². The molecule has 1 aromatic carbocycles. The molecule has 7 nitrogen and oxygen atoms in total. The maximum Gasteiger partial charge on any atom is 0.409 e. The van der Waals surface area contributed by atoms with Crippen LogP contribution >= 0.6 is 23.2 Å². The first-order valence-electron chi connectivity index (χ1n) is 8.29. The maximum absolute atomic E-state index is 11.8. The van der Waals surface area contributed by atoms with E-state index in [1.807, 2.05) is 6.07 Å². The number of benzene rings is 1. The molecule has 2 aromatic rings. The van der Waals surface area contributed by atoms with Crippen LogP contribution in [0.3, 0.4) is 0 Å². The van der Waals surface area contributed by atoms with Crippen LogP contribution in [0.5, 0.6) is 0 Å². The predicted molar refractivity (Wildman–Crippen MR) is 103 cm³/mol. The molecule has 138 valence electrons. The van der Waals surface area contributed by atoms with Gasteiger partial charge in [-0.2, -0.15) is 4.98 Å². The molecule has 9 heteroatoms. The third kappa shape index (κ3) is 4.28. The van der Waals surface area contributed by atoms with Crippen molar-refractivity contribution in [2.45, 2.75) is 6.92 Å². The van der Waals surface area contributed by atoms with Crippen LogP contribution in [-0.2, 0) is 4.74 Å². The number of nitrogens with zero attached hydrogens (tertiary/aromatic N) is 4. The molecule has 0 bridgehead atoms. The summed E-state index contributed by atoms with van der Waals surface area (Å²) >= 11 is 12.4. The number of amides is 1. The Hall–Kier alpha value is -2.25. The van der Waals surface area contributed by atoms with Crippen molar-refractivity contribution >= 4 is 46.7 Å². The molecule has 1 saturated heterocycles. The molecule has 26 heavy (non-hydrogen) atoms. The van der Waals surface area contributed by atoms with Crippen molar-refractivity contribution in [1.82, 2.24) is 14.9 Å². The number of piperazine rings is 1. The molecule has 1 fully saturated rings. The van der Waals surface area contributed by atoms with Gasteiger partial charge in [0.1, 0.15) is 5.82 Å². The normalized spacial score (nSPS) is 14.3. The number of rotatable bonds is 4. The van der Waals surface area contributed by atoms with E-state index >= 15 is 0 Å². The fourth-order valence-electron chi connectivity index (χ4n) is 2.65. The summed E-state index contributed by atoms with van der Waals surface area (Å²) in [6, 6.07) is 7.10. The highest BCUT2D eigenvalue weighted by atomic mass is 35.5. The summed E-state index contributed by atoms with van der Waals surface area (Å²) in [4.78, 5) is 24.3. The zero-order valence-corrected chi connectivity index (χ0v) is 15.8. The summed E-state index contributed by atoms with van der Waals surface area (Å²) in [7, 11) is 0. The molecule has 1 aromatic heterocycles. The molecule has 2 heterocycles. The number of carbonyl (C=O) groups is 1. The van der Waals surface area contributed by atoms with Crippen molar-refractivity contribution in [2.24, 2.45) is 0 Å². The fraction of sp³-hybridized carbons (Fsp3) is 0.353. The van der Waals surface area contributed by atoms with Gasteiger partial charge < -0.3 is 19.9 Å². The molecule has 0 saturated carbocycles. The maximum atomic E-state index is 11.8. The first-order valence-corrected chi connectivity index (χ1v) is 9.05. The van der Waals surface area contributed by atoms with Gasteiger partial charge >= 0.3 is 6.09 Å². The molecule has 0 atom stereocenters. The SMILES string of the molecule is CCOC(=O)N1CCN(c2ccnc(Nc3c(Cl)cccc3Cl)n2)CC1. The number of halogens is 2. The first-order chi connectivity index (χ1) is 12.6. The second kappa shape index (κ2) is 8.42. The number of hydrogen-bond acceptors (Lipinski definition) is 6. The summed E-state index contributed by atoms with van der Waals surface area (Å²) < 4.78 is 5.04. The minimum atomic E-state index is -0.273. The number of anilines is 3. The van der Waals surface area contributed by atoms with Crippen LogP contribution in [0.25, 0.3) is 0 Å². The molecule has 0 aliphatic carbocycles. The second-order valence-corrected chi connectivity index (χ2v) is 6.45. The standard InChI is InChI=1S/C17H19Cl2N5O2/c1-2-26-17(25)24-10-8-23(9-11-24)14-6-7-20-16(21-14)22-15-12(18)4-3-5-13(15)19/h3-7H,2,8-11H2,1H3,(H,20,21,22). The average molecular weight is 396 g/mol. The Labute approximate surface area is 161 Å². The Morgan fingerprint density at radius 1 is 1.19 bits per heavy atom. The largest absolute Gasteiger partial charge is 0.450 e. The Balaban J connectivity index is 1.68. The van der Waals surface area contributed by atoms with Gasteiger partial charge in [0.2, 0.25) is 5.95 Å². The summed E-state index contributed by atoms with van der Waals surface area (Å²) in [5.41, 5.74) is 0.570. The predicted octanol–water partition coefficient (Wildman–Crippen LogP) is 3.81. The van der Waals surface area contributed by atoms with E-state index in [2.05, 4.69) is 20.2 Å². The van der Waals surface area contributed by atoms with E-state index in [4.69, 9.17) is 27.9 Å². The smallest absolute Gasteiger partial charge is 0.409 e. The molecule has 1 aliphatic heterocycles. The van der Waals surface area contributed by atoms with Crippen molar-refractivity contribution in [1.29, 1.82) is 0 Å². The lowest BCUT2D eigenvalue weighted by Crippen LogP contribution is -2.49. The number of hydrogen-bond donors (Lipinski definition) is 1. The summed E-state index contributed by atoms with van der Waals surface area (Å²) in [5.74, 6) is 1.18. The van der Waals surface area contributed by atoms with Crippen molar-refractivity contribution in [3.8, 4) is 0 Å². The Morgan fingerprint density at radius 3 is 2.54 bits per heavy atom. The van der Waals surface area contributed by atoms with Crippen LogP contribution in [0.4, 0.5) is 22.2 Å². The molecule has 1 N–H and O–H groups in total. The second-order valence-electron chi connectivity index (χ2n) is 5.63. The Morgan fingerprint density at radius 2 is 1.88 bits per heavy atom. The van der Waals surface area contributed by atoms with Gasteiger partial charge in [-0.3, -0.25) is 0 Å². The van der Waals surface area contributed by atoms with Crippen molar-refractivity contribution in [3.63, 3.8) is 0 Å². The third-order valence-corrected chi connectivity index (χ3v) is 4.60. The molecule has 3 rings (SSSR count). The lowest BCUT2D eigenvalue weighted by molar-refractivity contribution is 0.105. The fourth-order valence-corrected chi connectivity index (χ4v) is 3.14. The molecule has 1 amide bonds. The van der Waals surface area contributed by atoms with Crippen LogP contribution in [0.1, 0.15) is 6.92 Å². The van der Waals surface area contributed by atoms with Gasteiger partial charge in [0.15, 0.2) is 0 Å². The summed E-state index contributed by atoms with van der Waals surface area (Å²) in [6.45, 7) is 4.69. The highest BCUT2D eigenvalue weighted by molar-refractivity contribution is 6.39. The highest BCUT2D eigenvalue weighted by Gasteiger charge is 2.23. The number of ether oxygens (including phenoxy) is 1. The van der Waals surface area contributed by atoms with Gasteiger partial charge in [0.25, 0.3) is 0 Å². The topological polar surface area (TPSA) is 70.6 Å². The minimum Gasteiger partial charge on any atom is -0.450 e. The number of aromatic nitrogens is 2. The monoisotopic (exact) mass is 395 g/mol.